The summed E-state index contributed by atoms with van der Waals surface area (Å²) < 4.78 is 0. The Balaban J connectivity index is 3.02. The molecule has 0 atom stereocenters. The minimum atomic E-state index is 0.430. The largest absolute Gasteiger partial charge is 0.383 e. The molecule has 50 valence electrons. The summed E-state index contributed by atoms with van der Waals surface area (Å²) in [5.41, 5.74) is 6.71. The van der Waals surface area contributed by atoms with Gasteiger partial charge >= 0.3 is 0 Å². The maximum absolute atomic E-state index is 8.50. The van der Waals surface area contributed by atoms with E-state index in [1.165, 1.54) is 6.20 Å². The van der Waals surface area contributed by atoms with Crippen LogP contribution < -0.4 is 5.73 Å². The smallest absolute Gasteiger partial charge is 0.131 e. The number of rotatable bonds is 0. The first kappa shape index (κ1) is 6.56. The summed E-state index contributed by atoms with van der Waals surface area (Å²) in [6.07, 6.45) is 3.26. The van der Waals surface area contributed by atoms with Gasteiger partial charge in [0.05, 0.1) is 5.57 Å². The highest BCUT2D eigenvalue weighted by Crippen LogP contribution is 2.14. The van der Waals surface area contributed by atoms with E-state index in [4.69, 9.17) is 11.0 Å². The lowest BCUT2D eigenvalue weighted by atomic mass is 10.1. The van der Waals surface area contributed by atoms with Crippen LogP contribution in [0.5, 0.6) is 0 Å². The van der Waals surface area contributed by atoms with Crippen LogP contribution in [-0.4, -0.2) is 5.84 Å². The van der Waals surface area contributed by atoms with Gasteiger partial charge in [-0.3, -0.25) is 0 Å². The highest BCUT2D eigenvalue weighted by molar-refractivity contribution is 6.04. The molecule has 0 aromatic carbocycles. The van der Waals surface area contributed by atoms with Crippen molar-refractivity contribution in [1.29, 1.82) is 5.26 Å². The molecule has 1 rings (SSSR count). The van der Waals surface area contributed by atoms with Crippen molar-refractivity contribution in [2.24, 2.45) is 10.7 Å². The van der Waals surface area contributed by atoms with Crippen molar-refractivity contribution < 1.29 is 0 Å². The van der Waals surface area contributed by atoms with E-state index in [1.54, 1.807) is 6.08 Å². The molecule has 0 bridgehead atoms. The van der Waals surface area contributed by atoms with Crippen molar-refractivity contribution in [1.82, 2.24) is 0 Å². The maximum atomic E-state index is 8.50. The summed E-state index contributed by atoms with van der Waals surface area (Å²) in [4.78, 5) is 3.78. The van der Waals surface area contributed by atoms with Crippen LogP contribution in [0.1, 0.15) is 6.92 Å². The second-order valence-corrected chi connectivity index (χ2v) is 1.87. The highest BCUT2D eigenvalue weighted by Gasteiger charge is 2.12. The van der Waals surface area contributed by atoms with E-state index in [2.05, 4.69) is 4.99 Å². The van der Waals surface area contributed by atoms with Crippen LogP contribution in [0.25, 0.3) is 0 Å². The van der Waals surface area contributed by atoms with Crippen LogP contribution >= 0.6 is 0 Å². The van der Waals surface area contributed by atoms with Crippen LogP contribution in [0.3, 0.4) is 0 Å². The van der Waals surface area contributed by atoms with E-state index >= 15 is 0 Å². The maximum Gasteiger partial charge on any atom is 0.131 e. The van der Waals surface area contributed by atoms with E-state index in [9.17, 15) is 0 Å². The molecule has 1 aliphatic rings. The third kappa shape index (κ3) is 0.799. The summed E-state index contributed by atoms with van der Waals surface area (Å²) in [5.74, 6) is 0.430. The molecule has 0 amide bonds. The molecule has 3 nitrogen and oxygen atoms in total. The lowest BCUT2D eigenvalue weighted by Gasteiger charge is -1.93. The van der Waals surface area contributed by atoms with Gasteiger partial charge in [-0.1, -0.05) is 6.08 Å². The second-order valence-electron chi connectivity index (χ2n) is 1.87. The van der Waals surface area contributed by atoms with Gasteiger partial charge in [0.1, 0.15) is 11.9 Å². The molecule has 0 aromatic rings. The Hall–Kier alpha value is -1.56. The molecular formula is C7H7N3. The van der Waals surface area contributed by atoms with Gasteiger partial charge in [-0.15, -0.1) is 0 Å². The van der Waals surface area contributed by atoms with E-state index in [0.29, 0.717) is 11.4 Å². The topological polar surface area (TPSA) is 62.2 Å². The monoisotopic (exact) mass is 133 g/mol. The quantitative estimate of drug-likeness (QED) is 0.529. The predicted molar refractivity (Wildman–Crippen MR) is 39.1 cm³/mol. The molecule has 0 aromatic heterocycles. The van der Waals surface area contributed by atoms with Gasteiger partial charge in [0, 0.05) is 11.8 Å². The van der Waals surface area contributed by atoms with Gasteiger partial charge in [-0.05, 0) is 6.92 Å². The Labute approximate surface area is 59.2 Å². The van der Waals surface area contributed by atoms with Crippen LogP contribution in [-0.2, 0) is 0 Å². The van der Waals surface area contributed by atoms with Crippen molar-refractivity contribution in [2.75, 3.05) is 0 Å². The first-order chi connectivity index (χ1) is 4.79. The lowest BCUT2D eigenvalue weighted by Crippen LogP contribution is -2.11. The minimum Gasteiger partial charge on any atom is -0.383 e. The summed E-state index contributed by atoms with van der Waals surface area (Å²) in [5, 5.41) is 8.50. The fourth-order valence-corrected chi connectivity index (χ4v) is 0.804. The Bertz CT molecular complexity index is 276. The molecule has 0 fully saturated rings. The molecule has 0 saturated carbocycles. The van der Waals surface area contributed by atoms with E-state index in [1.807, 2.05) is 13.0 Å². The summed E-state index contributed by atoms with van der Waals surface area (Å²) >= 11 is 0. The Morgan fingerprint density at radius 2 is 2.50 bits per heavy atom. The third-order valence-corrected chi connectivity index (χ3v) is 1.31. The standard InChI is InChI=1S/C7H7N3/c1-2-6-5(3-8)4-10-7(6)9/h2,4H,1H3,(H2,9,10)/b6-2-. The number of hydrogen-bond acceptors (Lipinski definition) is 3. The van der Waals surface area contributed by atoms with Crippen molar-refractivity contribution in [3.63, 3.8) is 0 Å². The molecule has 0 radical (unpaired) electrons. The van der Waals surface area contributed by atoms with Gasteiger partial charge < -0.3 is 5.73 Å². The molecule has 0 saturated heterocycles. The van der Waals surface area contributed by atoms with Crippen molar-refractivity contribution in [3.8, 4) is 6.07 Å². The first-order valence-corrected chi connectivity index (χ1v) is 2.90. The fraction of sp³-hybridized carbons (Fsp3) is 0.143. The van der Waals surface area contributed by atoms with Gasteiger partial charge in [0.25, 0.3) is 0 Å². The molecule has 10 heavy (non-hydrogen) atoms. The Kier molecular flexibility index (Phi) is 1.55. The van der Waals surface area contributed by atoms with Crippen molar-refractivity contribution >= 4 is 5.84 Å². The summed E-state index contributed by atoms with van der Waals surface area (Å²) in [6.45, 7) is 1.83. The average molecular weight is 133 g/mol. The zero-order valence-corrected chi connectivity index (χ0v) is 5.63. The fourth-order valence-electron chi connectivity index (χ4n) is 0.804. The number of aliphatic imine (C=N–C) groups is 1. The zero-order valence-electron chi connectivity index (χ0n) is 5.63. The van der Waals surface area contributed by atoms with E-state index < -0.39 is 0 Å². The number of nitriles is 1. The second kappa shape index (κ2) is 2.36. The summed E-state index contributed by atoms with van der Waals surface area (Å²) in [6, 6.07) is 1.99. The van der Waals surface area contributed by atoms with Crippen LogP contribution in [0.2, 0.25) is 0 Å². The molecule has 1 heterocycles. The zero-order chi connectivity index (χ0) is 7.56. The number of amidine groups is 1. The van der Waals surface area contributed by atoms with Crippen LogP contribution in [0.4, 0.5) is 0 Å². The lowest BCUT2D eigenvalue weighted by molar-refractivity contribution is 1.47. The third-order valence-electron chi connectivity index (χ3n) is 1.31. The van der Waals surface area contributed by atoms with Crippen LogP contribution in [0, 0.1) is 11.3 Å². The summed E-state index contributed by atoms with van der Waals surface area (Å²) in [7, 11) is 0. The predicted octanol–water partition coefficient (Wildman–Crippen LogP) is 0.711. The molecule has 0 unspecified atom stereocenters. The van der Waals surface area contributed by atoms with E-state index in [-0.39, 0.29) is 0 Å². The SMILES string of the molecule is C/C=C1/C(C#N)=CN=C1N. The van der Waals surface area contributed by atoms with Gasteiger partial charge in [-0.2, -0.15) is 5.26 Å². The molecule has 0 aliphatic carbocycles. The van der Waals surface area contributed by atoms with Gasteiger partial charge in [-0.25, -0.2) is 4.99 Å². The van der Waals surface area contributed by atoms with Crippen molar-refractivity contribution in [2.45, 2.75) is 6.92 Å². The molecule has 0 spiro atoms. The van der Waals surface area contributed by atoms with Gasteiger partial charge in [0.15, 0.2) is 0 Å². The average Bonchev–Trinajstić information content (AvgIpc) is 2.30. The molecule has 3 heteroatoms. The molecule has 1 aliphatic heterocycles. The Morgan fingerprint density at radius 3 is 2.90 bits per heavy atom. The molecular weight excluding hydrogens is 126 g/mol. The minimum absolute atomic E-state index is 0.430. The molecule has 2 N–H and O–H groups in total. The van der Waals surface area contributed by atoms with Crippen molar-refractivity contribution in [3.05, 3.63) is 23.4 Å². The van der Waals surface area contributed by atoms with Gasteiger partial charge in [0.2, 0.25) is 0 Å². The number of allylic oxidation sites excluding steroid dienone is 1. The number of nitrogens with zero attached hydrogens (tertiary/aromatic N) is 2. The first-order valence-electron chi connectivity index (χ1n) is 2.90. The highest BCUT2D eigenvalue weighted by atomic mass is 14.9. The number of hydrogen-bond donors (Lipinski definition) is 1. The Morgan fingerprint density at radius 1 is 1.80 bits per heavy atom. The number of nitrogens with two attached hydrogens (primary N) is 1. The van der Waals surface area contributed by atoms with E-state index in [0.717, 1.165) is 5.57 Å². The normalized spacial score (nSPS) is 20.2. The van der Waals surface area contributed by atoms with Crippen LogP contribution in [0.15, 0.2) is 28.4 Å².